The third-order valence-electron chi connectivity index (χ3n) is 3.41. The average molecular weight is 288 g/mol. The van der Waals surface area contributed by atoms with Gasteiger partial charge < -0.3 is 9.64 Å². The van der Waals surface area contributed by atoms with Crippen LogP contribution in [-0.2, 0) is 4.74 Å². The van der Waals surface area contributed by atoms with Crippen LogP contribution in [0.4, 0.5) is 13.2 Å². The number of piperidine rings is 1. The topological polar surface area (TPSA) is 42.4 Å². The summed E-state index contributed by atoms with van der Waals surface area (Å²) in [4.78, 5) is 16.9. The number of alkyl halides is 2. The highest BCUT2D eigenvalue weighted by Crippen LogP contribution is 2.34. The molecule has 1 saturated heterocycles. The molecule has 1 fully saturated rings. The highest BCUT2D eigenvalue weighted by atomic mass is 19.3. The predicted octanol–water partition coefficient (Wildman–Crippen LogP) is 1.96. The van der Waals surface area contributed by atoms with Crippen molar-refractivity contribution in [1.82, 2.24) is 9.88 Å². The van der Waals surface area contributed by atoms with Gasteiger partial charge in [-0.2, -0.15) is 0 Å². The van der Waals surface area contributed by atoms with Gasteiger partial charge in [0.25, 0.3) is 11.8 Å². The summed E-state index contributed by atoms with van der Waals surface area (Å²) in [6.07, 6.45) is 1.78. The minimum Gasteiger partial charge on any atom is -0.384 e. The molecule has 1 aliphatic heterocycles. The summed E-state index contributed by atoms with van der Waals surface area (Å²) in [5.41, 5.74) is -0.151. The van der Waals surface area contributed by atoms with E-state index in [0.717, 1.165) is 6.20 Å². The molecule has 1 aromatic rings. The minimum absolute atomic E-state index is 0.103. The van der Waals surface area contributed by atoms with Crippen LogP contribution in [-0.4, -0.2) is 48.5 Å². The van der Waals surface area contributed by atoms with E-state index in [4.69, 9.17) is 4.74 Å². The molecule has 0 aliphatic carbocycles. The fraction of sp³-hybridized carbons (Fsp3) is 0.538. The van der Waals surface area contributed by atoms with E-state index in [-0.39, 0.29) is 25.3 Å². The zero-order chi connectivity index (χ0) is 14.8. The first kappa shape index (κ1) is 14.8. The number of hydrogen-bond donors (Lipinski definition) is 0. The fourth-order valence-corrected chi connectivity index (χ4v) is 2.26. The van der Waals surface area contributed by atoms with Crippen molar-refractivity contribution >= 4 is 5.91 Å². The van der Waals surface area contributed by atoms with E-state index in [1.807, 2.05) is 0 Å². The van der Waals surface area contributed by atoms with Crippen molar-refractivity contribution in [3.63, 3.8) is 0 Å². The molecule has 4 nitrogen and oxygen atoms in total. The van der Waals surface area contributed by atoms with Crippen LogP contribution < -0.4 is 0 Å². The van der Waals surface area contributed by atoms with Gasteiger partial charge in [-0.3, -0.25) is 9.78 Å². The molecule has 0 saturated carbocycles. The molecule has 7 heteroatoms. The summed E-state index contributed by atoms with van der Waals surface area (Å²) in [5.74, 6) is -5.29. The molecule has 2 heterocycles. The summed E-state index contributed by atoms with van der Waals surface area (Å²) in [5, 5.41) is 0. The number of carbonyl (C=O) groups excluding carboxylic acids is 1. The monoisotopic (exact) mass is 288 g/mol. The van der Waals surface area contributed by atoms with Gasteiger partial charge in [0.1, 0.15) is 0 Å². The van der Waals surface area contributed by atoms with Gasteiger partial charge in [-0.05, 0) is 6.07 Å². The minimum atomic E-state index is -2.87. The molecule has 0 spiro atoms. The van der Waals surface area contributed by atoms with Gasteiger partial charge in [0.15, 0.2) is 5.82 Å². The number of hydrogen-bond acceptors (Lipinski definition) is 3. The largest absolute Gasteiger partial charge is 0.384 e. The molecule has 1 amide bonds. The molecule has 0 bridgehead atoms. The van der Waals surface area contributed by atoms with Crippen molar-refractivity contribution < 1.29 is 22.7 Å². The van der Waals surface area contributed by atoms with Crippen LogP contribution in [0.15, 0.2) is 18.5 Å². The molecule has 0 radical (unpaired) electrons. The molecule has 1 atom stereocenters. The zero-order valence-corrected chi connectivity index (χ0v) is 11.0. The summed E-state index contributed by atoms with van der Waals surface area (Å²) in [6, 6.07) is 1.25. The van der Waals surface area contributed by atoms with Crippen LogP contribution in [0.2, 0.25) is 0 Å². The van der Waals surface area contributed by atoms with Gasteiger partial charge in [-0.15, -0.1) is 0 Å². The van der Waals surface area contributed by atoms with E-state index in [0.29, 0.717) is 0 Å². The number of methoxy groups -OCH3 is 1. The van der Waals surface area contributed by atoms with Crippen molar-refractivity contribution in [3.8, 4) is 0 Å². The van der Waals surface area contributed by atoms with E-state index in [9.17, 15) is 18.0 Å². The second-order valence-electron chi connectivity index (χ2n) is 4.77. The van der Waals surface area contributed by atoms with Crippen LogP contribution in [0.5, 0.6) is 0 Å². The standard InChI is InChI=1S/C13H15F3N2O2/c1-20-8-9-7-18(5-3-13(9,15)16)12(19)10-2-4-17-6-11(10)14/h2,4,6,9H,3,5,7-8H2,1H3. The van der Waals surface area contributed by atoms with Crippen molar-refractivity contribution in [1.29, 1.82) is 0 Å². The van der Waals surface area contributed by atoms with Gasteiger partial charge in [0, 0.05) is 32.8 Å². The summed E-state index contributed by atoms with van der Waals surface area (Å²) in [7, 11) is 1.33. The van der Waals surface area contributed by atoms with E-state index >= 15 is 0 Å². The fourth-order valence-electron chi connectivity index (χ4n) is 2.26. The Morgan fingerprint density at radius 3 is 3.00 bits per heavy atom. The van der Waals surface area contributed by atoms with Crippen LogP contribution >= 0.6 is 0 Å². The molecule has 110 valence electrons. The zero-order valence-electron chi connectivity index (χ0n) is 11.0. The lowest BCUT2D eigenvalue weighted by molar-refractivity contribution is -0.118. The number of pyridine rings is 1. The molecule has 1 aliphatic rings. The average Bonchev–Trinajstić information content (AvgIpc) is 2.41. The second-order valence-corrected chi connectivity index (χ2v) is 4.77. The number of rotatable bonds is 3. The Kier molecular flexibility index (Phi) is 4.27. The van der Waals surface area contributed by atoms with Crippen molar-refractivity contribution in [3.05, 3.63) is 29.8 Å². The maximum Gasteiger partial charge on any atom is 0.256 e. The van der Waals surface area contributed by atoms with E-state index in [1.165, 1.54) is 24.3 Å². The molecular weight excluding hydrogens is 273 g/mol. The van der Waals surface area contributed by atoms with Crippen LogP contribution in [0.25, 0.3) is 0 Å². The maximum absolute atomic E-state index is 13.7. The van der Waals surface area contributed by atoms with Crippen LogP contribution in [0, 0.1) is 11.7 Å². The third kappa shape index (κ3) is 2.92. The summed E-state index contributed by atoms with van der Waals surface area (Å²) in [6.45, 7) is -0.398. The van der Waals surface area contributed by atoms with Crippen molar-refractivity contribution in [2.45, 2.75) is 12.3 Å². The highest BCUT2D eigenvalue weighted by Gasteiger charge is 2.45. The quantitative estimate of drug-likeness (QED) is 0.854. The second kappa shape index (κ2) is 5.78. The van der Waals surface area contributed by atoms with Gasteiger partial charge in [-0.25, -0.2) is 13.2 Å². The van der Waals surface area contributed by atoms with Gasteiger partial charge >= 0.3 is 0 Å². The first-order valence-corrected chi connectivity index (χ1v) is 6.21. The summed E-state index contributed by atoms with van der Waals surface area (Å²) < 4.78 is 45.6. The molecule has 0 aromatic carbocycles. The number of halogens is 3. The number of amides is 1. The van der Waals surface area contributed by atoms with E-state index in [2.05, 4.69) is 4.98 Å². The van der Waals surface area contributed by atoms with Gasteiger partial charge in [0.05, 0.1) is 24.3 Å². The molecular formula is C13H15F3N2O2. The Hall–Kier alpha value is -1.63. The van der Waals surface area contributed by atoms with Crippen molar-refractivity contribution in [2.75, 3.05) is 26.8 Å². The van der Waals surface area contributed by atoms with Gasteiger partial charge in [-0.1, -0.05) is 0 Å². The van der Waals surface area contributed by atoms with Crippen molar-refractivity contribution in [2.24, 2.45) is 5.92 Å². The number of nitrogens with zero attached hydrogens (tertiary/aromatic N) is 2. The highest BCUT2D eigenvalue weighted by molar-refractivity contribution is 5.94. The Bertz CT molecular complexity index is 496. The van der Waals surface area contributed by atoms with Crippen LogP contribution in [0.1, 0.15) is 16.8 Å². The Labute approximate surface area is 114 Å². The third-order valence-corrected chi connectivity index (χ3v) is 3.41. The Morgan fingerprint density at radius 2 is 2.35 bits per heavy atom. The number of likely N-dealkylation sites (tertiary alicyclic amines) is 1. The predicted molar refractivity (Wildman–Crippen MR) is 65.0 cm³/mol. The number of aromatic nitrogens is 1. The Morgan fingerprint density at radius 1 is 1.60 bits per heavy atom. The first-order valence-electron chi connectivity index (χ1n) is 6.21. The first-order chi connectivity index (χ1) is 9.45. The lowest BCUT2D eigenvalue weighted by Gasteiger charge is -2.38. The maximum atomic E-state index is 13.7. The molecule has 1 unspecified atom stereocenters. The van der Waals surface area contributed by atoms with E-state index in [1.54, 1.807) is 0 Å². The molecule has 2 rings (SSSR count). The van der Waals surface area contributed by atoms with E-state index < -0.39 is 30.0 Å². The number of carbonyl (C=O) groups is 1. The van der Waals surface area contributed by atoms with Gasteiger partial charge in [0.2, 0.25) is 0 Å². The molecule has 0 N–H and O–H groups in total. The normalized spacial score (nSPS) is 21.8. The smallest absolute Gasteiger partial charge is 0.256 e. The SMILES string of the molecule is COCC1CN(C(=O)c2ccncc2F)CCC1(F)F. The lowest BCUT2D eigenvalue weighted by Crippen LogP contribution is -2.50. The van der Waals surface area contributed by atoms with Crippen LogP contribution in [0.3, 0.4) is 0 Å². The summed E-state index contributed by atoms with van der Waals surface area (Å²) >= 11 is 0. The molecule has 20 heavy (non-hydrogen) atoms. The molecule has 1 aromatic heterocycles. The number of ether oxygens (including phenoxy) is 1. The lowest BCUT2D eigenvalue weighted by atomic mass is 9.93. The Balaban J connectivity index is 2.14.